The Balaban J connectivity index is 1.58. The van der Waals surface area contributed by atoms with Crippen LogP contribution in [-0.2, 0) is 0 Å². The van der Waals surface area contributed by atoms with E-state index in [9.17, 15) is 9.18 Å². The normalized spacial score (nSPS) is 16.1. The van der Waals surface area contributed by atoms with Crippen molar-refractivity contribution in [2.24, 2.45) is 0 Å². The van der Waals surface area contributed by atoms with E-state index in [0.717, 1.165) is 33.6 Å². The summed E-state index contributed by atoms with van der Waals surface area (Å²) in [6.07, 6.45) is 0.859. The lowest BCUT2D eigenvalue weighted by Crippen LogP contribution is -2.36. The van der Waals surface area contributed by atoms with Crippen LogP contribution in [0, 0.1) is 12.9 Å². The van der Waals surface area contributed by atoms with Crippen molar-refractivity contribution in [2.45, 2.75) is 26.3 Å². The number of benzene rings is 1. The molecule has 1 aromatic carbocycles. The Morgan fingerprint density at radius 3 is 2.87 bits per heavy atom. The van der Waals surface area contributed by atoms with E-state index in [2.05, 4.69) is 32.5 Å². The molecule has 152 valence electrons. The molecule has 0 unspecified atom stereocenters. The van der Waals surface area contributed by atoms with Gasteiger partial charge in [0.15, 0.2) is 0 Å². The molecule has 0 saturated heterocycles. The number of anilines is 1. The molecule has 9 heteroatoms. The van der Waals surface area contributed by atoms with E-state index < -0.39 is 5.95 Å². The summed E-state index contributed by atoms with van der Waals surface area (Å²) >= 11 is 1.47. The quantitative estimate of drug-likeness (QED) is 0.475. The Morgan fingerprint density at radius 1 is 1.20 bits per heavy atom. The van der Waals surface area contributed by atoms with E-state index in [1.807, 2.05) is 18.2 Å². The Bertz CT molecular complexity index is 1290. The van der Waals surface area contributed by atoms with Gasteiger partial charge in [-0.25, -0.2) is 9.97 Å². The molecule has 3 aromatic heterocycles. The van der Waals surface area contributed by atoms with Crippen LogP contribution >= 0.6 is 11.3 Å². The van der Waals surface area contributed by atoms with Crippen molar-refractivity contribution in [1.82, 2.24) is 20.3 Å². The van der Waals surface area contributed by atoms with Gasteiger partial charge >= 0.3 is 0 Å². The fourth-order valence-electron chi connectivity index (χ4n) is 3.61. The van der Waals surface area contributed by atoms with Crippen molar-refractivity contribution in [3.05, 3.63) is 47.0 Å². The highest BCUT2D eigenvalue weighted by molar-refractivity contribution is 7.21. The summed E-state index contributed by atoms with van der Waals surface area (Å²) in [4.78, 5) is 25.6. The van der Waals surface area contributed by atoms with Crippen LogP contribution in [0.4, 0.5) is 10.1 Å². The van der Waals surface area contributed by atoms with Crippen molar-refractivity contribution in [2.75, 3.05) is 11.9 Å². The monoisotopic (exact) mass is 423 g/mol. The molecule has 7 nitrogen and oxygen atoms in total. The number of halogens is 1. The summed E-state index contributed by atoms with van der Waals surface area (Å²) < 4.78 is 20.2. The highest BCUT2D eigenvalue weighted by Crippen LogP contribution is 2.41. The predicted molar refractivity (Wildman–Crippen MR) is 114 cm³/mol. The first-order valence-electron chi connectivity index (χ1n) is 9.62. The minimum Gasteiger partial charge on any atom is -0.420 e. The maximum Gasteiger partial charge on any atom is 0.263 e. The Morgan fingerprint density at radius 2 is 2.07 bits per heavy atom. The lowest BCUT2D eigenvalue weighted by molar-refractivity contribution is 0.0945. The maximum atomic E-state index is 13.5. The van der Waals surface area contributed by atoms with Gasteiger partial charge in [0.2, 0.25) is 17.7 Å². The van der Waals surface area contributed by atoms with E-state index in [-0.39, 0.29) is 23.7 Å². The van der Waals surface area contributed by atoms with Crippen LogP contribution in [0.2, 0.25) is 0 Å². The van der Waals surface area contributed by atoms with E-state index in [4.69, 9.17) is 4.74 Å². The smallest absolute Gasteiger partial charge is 0.263 e. The highest BCUT2D eigenvalue weighted by atomic mass is 32.1. The molecule has 2 N–H and O–H groups in total. The van der Waals surface area contributed by atoms with Crippen molar-refractivity contribution < 1.29 is 13.9 Å². The zero-order valence-corrected chi connectivity index (χ0v) is 17.1. The van der Waals surface area contributed by atoms with Crippen molar-refractivity contribution in [3.8, 4) is 11.8 Å². The zero-order valence-electron chi connectivity index (χ0n) is 16.3. The van der Waals surface area contributed by atoms with Crippen LogP contribution in [-0.4, -0.2) is 33.4 Å². The topological polar surface area (TPSA) is 89.0 Å². The molecule has 0 radical (unpaired) electrons. The van der Waals surface area contributed by atoms with Gasteiger partial charge in [0, 0.05) is 34.1 Å². The number of carbonyl (C=O) groups excluding carboxylic acids is 1. The number of amides is 1. The molecule has 1 atom stereocenters. The molecule has 0 bridgehead atoms. The first kappa shape index (κ1) is 18.7. The van der Waals surface area contributed by atoms with Gasteiger partial charge in [-0.3, -0.25) is 4.79 Å². The van der Waals surface area contributed by atoms with Gasteiger partial charge in [-0.15, -0.1) is 11.3 Å². The number of fused-ring (bicyclic) bond motifs is 5. The van der Waals surface area contributed by atoms with Crippen LogP contribution in [0.1, 0.15) is 28.8 Å². The highest BCUT2D eigenvalue weighted by Gasteiger charge is 2.25. The Kier molecular flexibility index (Phi) is 4.47. The van der Waals surface area contributed by atoms with E-state index in [1.54, 1.807) is 13.0 Å². The maximum absolute atomic E-state index is 13.5. The molecule has 0 spiro atoms. The second-order valence-corrected chi connectivity index (χ2v) is 8.15. The van der Waals surface area contributed by atoms with Crippen LogP contribution in [0.5, 0.6) is 11.8 Å². The molecule has 1 aliphatic heterocycles. The third-order valence-corrected chi connectivity index (χ3v) is 6.20. The summed E-state index contributed by atoms with van der Waals surface area (Å²) in [6.45, 7) is 4.32. The largest absolute Gasteiger partial charge is 0.420 e. The third-order valence-electron chi connectivity index (χ3n) is 5.05. The van der Waals surface area contributed by atoms with Crippen LogP contribution in [0.3, 0.4) is 0 Å². The standard InChI is InChI=1S/C21H18FN5O2S/c1-3-11-9-23-19-18-12-4-7-16(29-17-8-15(22)24-10(2)25-17)27-13(12)5-6-14(18)30-20(19)21(28)26-11/h4-8,11,23H,3,9H2,1-2H3,(H,26,28)/t11-/m1/s1. The fourth-order valence-corrected chi connectivity index (χ4v) is 4.70. The molecule has 0 saturated carbocycles. The number of carbonyl (C=O) groups is 1. The van der Waals surface area contributed by atoms with E-state index >= 15 is 0 Å². The number of nitrogens with zero attached hydrogens (tertiary/aromatic N) is 3. The van der Waals surface area contributed by atoms with Crippen LogP contribution in [0.25, 0.3) is 21.0 Å². The molecule has 0 fully saturated rings. The number of pyridine rings is 1. The number of aryl methyl sites for hydroxylation is 1. The molecule has 1 aliphatic rings. The number of ether oxygens (including phenoxy) is 1. The van der Waals surface area contributed by atoms with Crippen LogP contribution < -0.4 is 15.4 Å². The molecule has 4 heterocycles. The van der Waals surface area contributed by atoms with Crippen molar-refractivity contribution in [3.63, 3.8) is 0 Å². The molecular weight excluding hydrogens is 405 g/mol. The van der Waals surface area contributed by atoms with Gasteiger partial charge < -0.3 is 15.4 Å². The second-order valence-electron chi connectivity index (χ2n) is 7.10. The molecular formula is C21H18FN5O2S. The fraction of sp³-hybridized carbons (Fsp3) is 0.238. The van der Waals surface area contributed by atoms with Gasteiger partial charge in [0.1, 0.15) is 10.7 Å². The average molecular weight is 423 g/mol. The van der Waals surface area contributed by atoms with Crippen molar-refractivity contribution in [1.29, 1.82) is 0 Å². The number of rotatable bonds is 3. The minimum absolute atomic E-state index is 0.0507. The summed E-state index contributed by atoms with van der Waals surface area (Å²) in [5, 5.41) is 8.41. The SMILES string of the molecule is CC[C@@H]1CNc2c(sc3ccc4nc(Oc5cc(F)nc(C)n5)ccc4c23)C(=O)N1. The number of hydrogen-bond acceptors (Lipinski definition) is 7. The van der Waals surface area contributed by atoms with E-state index in [1.165, 1.54) is 11.3 Å². The summed E-state index contributed by atoms with van der Waals surface area (Å²) in [5.74, 6) is -0.0251. The van der Waals surface area contributed by atoms with Crippen molar-refractivity contribution >= 4 is 43.9 Å². The number of aromatic nitrogens is 3. The minimum atomic E-state index is -0.657. The summed E-state index contributed by atoms with van der Waals surface area (Å²) in [5.41, 5.74) is 1.56. The molecule has 1 amide bonds. The molecule has 5 rings (SSSR count). The zero-order chi connectivity index (χ0) is 20.8. The Hall–Kier alpha value is -3.33. The first-order chi connectivity index (χ1) is 14.5. The molecule has 0 aliphatic carbocycles. The molecule has 4 aromatic rings. The number of thiophene rings is 1. The van der Waals surface area contributed by atoms with Gasteiger partial charge in [-0.05, 0) is 31.5 Å². The summed E-state index contributed by atoms with van der Waals surface area (Å²) in [6, 6.07) is 8.67. The third kappa shape index (κ3) is 3.21. The van der Waals surface area contributed by atoms with Crippen LogP contribution in [0.15, 0.2) is 30.3 Å². The Labute approximate surface area is 175 Å². The van der Waals surface area contributed by atoms with Gasteiger partial charge in [0.25, 0.3) is 5.91 Å². The lowest BCUT2D eigenvalue weighted by atomic mass is 10.1. The predicted octanol–water partition coefficient (Wildman–Crippen LogP) is 4.41. The first-order valence-corrected chi connectivity index (χ1v) is 10.4. The second kappa shape index (κ2) is 7.17. The van der Waals surface area contributed by atoms with E-state index in [0.29, 0.717) is 22.8 Å². The average Bonchev–Trinajstić information content (AvgIpc) is 3.01. The number of hydrogen-bond donors (Lipinski definition) is 2. The van der Waals surface area contributed by atoms with Gasteiger partial charge in [-0.2, -0.15) is 9.37 Å². The summed E-state index contributed by atoms with van der Waals surface area (Å²) in [7, 11) is 0. The lowest BCUT2D eigenvalue weighted by Gasteiger charge is -2.13. The van der Waals surface area contributed by atoms with Gasteiger partial charge in [0.05, 0.1) is 17.3 Å². The molecule has 30 heavy (non-hydrogen) atoms. The van der Waals surface area contributed by atoms with Gasteiger partial charge in [-0.1, -0.05) is 6.92 Å². The number of nitrogens with one attached hydrogen (secondary N) is 2.